The molecule has 29 heavy (non-hydrogen) atoms. The topological polar surface area (TPSA) is 102 Å². The number of sulfonamides is 1. The molecule has 158 valence electrons. The molecule has 0 amide bonds. The first kappa shape index (κ1) is 21.4. The molecule has 0 fully saturated rings. The molecular formula is C19H24N2O6S2. The lowest BCUT2D eigenvalue weighted by molar-refractivity contribution is 0.164. The lowest BCUT2D eigenvalue weighted by Gasteiger charge is -2.32. The molecular weight excluding hydrogens is 416 g/mol. The Hall–Kier alpha value is -2.30. The van der Waals surface area contributed by atoms with Crippen molar-refractivity contribution in [1.82, 2.24) is 4.90 Å². The average Bonchev–Trinajstić information content (AvgIpc) is 2.67. The summed E-state index contributed by atoms with van der Waals surface area (Å²) >= 11 is 0. The molecule has 2 aromatic carbocycles. The van der Waals surface area contributed by atoms with Gasteiger partial charge in [-0.15, -0.1) is 0 Å². The maximum atomic E-state index is 13.0. The third kappa shape index (κ3) is 4.34. The standard InChI is InChI=1S/C19H24N2O6S2/c1-21(2)13-11-14-16(26-3)10-9-15(19(14)27-12-13)20-29(24,25)18-8-6-5-7-17(18)28(4,22)23/h5-10,13,20H,11-12H2,1-4H3/t13-/m1/s1. The van der Waals surface area contributed by atoms with Crippen molar-refractivity contribution in [3.63, 3.8) is 0 Å². The minimum Gasteiger partial charge on any atom is -0.496 e. The highest BCUT2D eigenvalue weighted by molar-refractivity contribution is 7.95. The van der Waals surface area contributed by atoms with E-state index in [0.717, 1.165) is 11.8 Å². The number of likely N-dealkylation sites (N-methyl/N-ethyl adjacent to an activating group) is 1. The number of hydrogen-bond acceptors (Lipinski definition) is 7. The molecule has 1 aliphatic rings. The Bertz CT molecular complexity index is 1130. The van der Waals surface area contributed by atoms with Gasteiger partial charge in [0.25, 0.3) is 10.0 Å². The van der Waals surface area contributed by atoms with Crippen molar-refractivity contribution in [3.8, 4) is 11.5 Å². The zero-order valence-electron chi connectivity index (χ0n) is 16.7. The summed E-state index contributed by atoms with van der Waals surface area (Å²) in [6.07, 6.45) is 1.60. The number of methoxy groups -OCH3 is 1. The SMILES string of the molecule is COc1ccc(NS(=O)(=O)c2ccccc2S(C)(=O)=O)c2c1C[C@@H](N(C)C)CO2. The Morgan fingerprint density at radius 1 is 1.07 bits per heavy atom. The van der Waals surface area contributed by atoms with Gasteiger partial charge in [-0.25, -0.2) is 16.8 Å². The highest BCUT2D eigenvalue weighted by Crippen LogP contribution is 2.41. The Morgan fingerprint density at radius 3 is 2.31 bits per heavy atom. The highest BCUT2D eigenvalue weighted by Gasteiger charge is 2.30. The number of ether oxygens (including phenoxy) is 2. The fourth-order valence-corrected chi connectivity index (χ4v) is 5.92. The molecule has 0 bridgehead atoms. The van der Waals surface area contributed by atoms with Crippen LogP contribution in [0.5, 0.6) is 11.5 Å². The van der Waals surface area contributed by atoms with Crippen molar-refractivity contribution in [1.29, 1.82) is 0 Å². The first-order chi connectivity index (χ1) is 13.5. The van der Waals surface area contributed by atoms with Crippen LogP contribution in [0, 0.1) is 0 Å². The monoisotopic (exact) mass is 440 g/mol. The molecule has 1 heterocycles. The minimum atomic E-state index is -4.17. The van der Waals surface area contributed by atoms with E-state index in [2.05, 4.69) is 4.72 Å². The Labute approximate surface area is 171 Å². The fraction of sp³-hybridized carbons (Fsp3) is 0.368. The lowest BCUT2D eigenvalue weighted by Crippen LogP contribution is -2.38. The number of rotatable bonds is 6. The predicted octanol–water partition coefficient (Wildman–Crippen LogP) is 1.76. The van der Waals surface area contributed by atoms with E-state index in [9.17, 15) is 16.8 Å². The normalized spacial score (nSPS) is 16.8. The van der Waals surface area contributed by atoms with Crippen LogP contribution in [0.1, 0.15) is 5.56 Å². The Morgan fingerprint density at radius 2 is 1.72 bits per heavy atom. The molecule has 1 atom stereocenters. The summed E-state index contributed by atoms with van der Waals surface area (Å²) in [7, 11) is -2.47. The zero-order valence-corrected chi connectivity index (χ0v) is 18.3. The second kappa shape index (κ2) is 7.85. The maximum Gasteiger partial charge on any atom is 0.263 e. The number of anilines is 1. The summed E-state index contributed by atoms with van der Waals surface area (Å²) < 4.78 is 63.9. The van der Waals surface area contributed by atoms with Crippen molar-refractivity contribution >= 4 is 25.5 Å². The number of nitrogens with one attached hydrogen (secondary N) is 1. The molecule has 0 aliphatic carbocycles. The molecule has 0 radical (unpaired) electrons. The second-order valence-electron chi connectivity index (χ2n) is 7.08. The fourth-order valence-electron chi connectivity index (χ4n) is 3.22. The van der Waals surface area contributed by atoms with Gasteiger partial charge in [0, 0.05) is 17.9 Å². The number of fused-ring (bicyclic) bond motifs is 1. The molecule has 1 aliphatic heterocycles. The van der Waals surface area contributed by atoms with E-state index in [0.29, 0.717) is 24.5 Å². The van der Waals surface area contributed by atoms with E-state index >= 15 is 0 Å². The average molecular weight is 441 g/mol. The molecule has 0 saturated carbocycles. The first-order valence-electron chi connectivity index (χ1n) is 8.85. The number of sulfone groups is 1. The van der Waals surface area contributed by atoms with Gasteiger partial charge >= 0.3 is 0 Å². The van der Waals surface area contributed by atoms with Gasteiger partial charge in [0.1, 0.15) is 23.0 Å². The third-order valence-electron chi connectivity index (χ3n) is 4.81. The molecule has 0 spiro atoms. The lowest BCUT2D eigenvalue weighted by atomic mass is 10.00. The van der Waals surface area contributed by atoms with Crippen molar-refractivity contribution in [2.75, 3.05) is 38.8 Å². The van der Waals surface area contributed by atoms with E-state index < -0.39 is 19.9 Å². The summed E-state index contributed by atoms with van der Waals surface area (Å²) in [6, 6.07) is 8.83. The largest absolute Gasteiger partial charge is 0.496 e. The molecule has 0 aromatic heterocycles. The van der Waals surface area contributed by atoms with Crippen LogP contribution < -0.4 is 14.2 Å². The summed E-state index contributed by atoms with van der Waals surface area (Å²) in [4.78, 5) is 1.46. The smallest absolute Gasteiger partial charge is 0.263 e. The quantitative estimate of drug-likeness (QED) is 0.730. The van der Waals surface area contributed by atoms with E-state index in [1.165, 1.54) is 24.3 Å². The van der Waals surface area contributed by atoms with Gasteiger partial charge in [0.05, 0.1) is 17.7 Å². The van der Waals surface area contributed by atoms with Crippen LogP contribution in [-0.2, 0) is 26.3 Å². The van der Waals surface area contributed by atoms with Crippen LogP contribution in [0.15, 0.2) is 46.2 Å². The molecule has 1 N–H and O–H groups in total. The van der Waals surface area contributed by atoms with E-state index in [4.69, 9.17) is 9.47 Å². The van der Waals surface area contributed by atoms with E-state index in [-0.39, 0.29) is 21.5 Å². The van der Waals surface area contributed by atoms with Crippen LogP contribution >= 0.6 is 0 Å². The first-order valence-corrected chi connectivity index (χ1v) is 12.2. The van der Waals surface area contributed by atoms with Crippen LogP contribution in [-0.4, -0.2) is 61.8 Å². The Kier molecular flexibility index (Phi) is 5.79. The van der Waals surface area contributed by atoms with Crippen molar-refractivity contribution in [2.24, 2.45) is 0 Å². The number of hydrogen-bond donors (Lipinski definition) is 1. The van der Waals surface area contributed by atoms with Crippen molar-refractivity contribution in [2.45, 2.75) is 22.3 Å². The van der Waals surface area contributed by atoms with Crippen molar-refractivity contribution < 1.29 is 26.3 Å². The van der Waals surface area contributed by atoms with Gasteiger partial charge in [0.15, 0.2) is 9.84 Å². The molecule has 8 nitrogen and oxygen atoms in total. The third-order valence-corrected chi connectivity index (χ3v) is 7.52. The van der Waals surface area contributed by atoms with E-state index in [1.54, 1.807) is 19.2 Å². The molecule has 10 heteroatoms. The van der Waals surface area contributed by atoms with Crippen LogP contribution in [0.25, 0.3) is 0 Å². The van der Waals surface area contributed by atoms with Gasteiger partial charge in [-0.3, -0.25) is 4.72 Å². The van der Waals surface area contributed by atoms with Crippen LogP contribution in [0.2, 0.25) is 0 Å². The van der Waals surface area contributed by atoms with Gasteiger partial charge in [-0.1, -0.05) is 12.1 Å². The summed E-state index contributed by atoms with van der Waals surface area (Å²) in [5, 5.41) is 0. The second-order valence-corrected chi connectivity index (χ2v) is 10.7. The highest BCUT2D eigenvalue weighted by atomic mass is 32.2. The molecule has 3 rings (SSSR count). The summed E-state index contributed by atoms with van der Waals surface area (Å²) in [5.74, 6) is 0.994. The van der Waals surface area contributed by atoms with Gasteiger partial charge in [-0.05, 0) is 44.8 Å². The van der Waals surface area contributed by atoms with Crippen LogP contribution in [0.3, 0.4) is 0 Å². The Balaban J connectivity index is 2.05. The van der Waals surface area contributed by atoms with Gasteiger partial charge in [0.2, 0.25) is 0 Å². The van der Waals surface area contributed by atoms with Gasteiger partial charge in [-0.2, -0.15) is 0 Å². The van der Waals surface area contributed by atoms with E-state index in [1.807, 2.05) is 19.0 Å². The zero-order chi connectivity index (χ0) is 21.4. The molecule has 2 aromatic rings. The maximum absolute atomic E-state index is 13.0. The van der Waals surface area contributed by atoms with Gasteiger partial charge < -0.3 is 14.4 Å². The predicted molar refractivity (Wildman–Crippen MR) is 110 cm³/mol. The molecule has 0 saturated heterocycles. The minimum absolute atomic E-state index is 0.120. The number of benzene rings is 2. The summed E-state index contributed by atoms with van der Waals surface area (Å²) in [6.45, 7) is 0.391. The number of nitrogens with zero attached hydrogens (tertiary/aromatic N) is 1. The summed E-state index contributed by atoms with van der Waals surface area (Å²) in [5.41, 5.74) is 0.996. The van der Waals surface area contributed by atoms with Crippen molar-refractivity contribution in [3.05, 3.63) is 42.0 Å². The molecule has 0 unspecified atom stereocenters. The van der Waals surface area contributed by atoms with Crippen LogP contribution in [0.4, 0.5) is 5.69 Å².